The second-order valence-electron chi connectivity index (χ2n) is 5.24. The van der Waals surface area contributed by atoms with Crippen LogP contribution in [0.4, 0.5) is 0 Å². The third-order valence-corrected chi connectivity index (χ3v) is 3.71. The summed E-state index contributed by atoms with van der Waals surface area (Å²) in [4.78, 5) is 9.07. The van der Waals surface area contributed by atoms with Crippen LogP contribution in [-0.4, -0.2) is 9.97 Å². The molecule has 0 radical (unpaired) electrons. The summed E-state index contributed by atoms with van der Waals surface area (Å²) in [6.07, 6.45) is 1.74. The van der Waals surface area contributed by atoms with E-state index in [1.807, 2.05) is 42.5 Å². The molecule has 0 unspecified atom stereocenters. The number of rotatable bonds is 2. The number of pyridine rings is 1. The first kappa shape index (κ1) is 12.8. The van der Waals surface area contributed by atoms with Crippen LogP contribution < -0.4 is 0 Å². The van der Waals surface area contributed by atoms with E-state index in [2.05, 4.69) is 30.1 Å². The largest absolute Gasteiger partial charge is 0.435 e. The van der Waals surface area contributed by atoms with E-state index in [-0.39, 0.29) is 0 Å². The number of aryl methyl sites for hydroxylation is 1. The van der Waals surface area contributed by atoms with Gasteiger partial charge in [-0.25, -0.2) is 9.97 Å². The van der Waals surface area contributed by atoms with Crippen LogP contribution in [0.2, 0.25) is 0 Å². The summed E-state index contributed by atoms with van der Waals surface area (Å²) in [5.41, 5.74) is 3.90. The van der Waals surface area contributed by atoms with Crippen molar-refractivity contribution in [3.63, 3.8) is 0 Å². The van der Waals surface area contributed by atoms with Gasteiger partial charge in [0, 0.05) is 10.9 Å². The zero-order valence-electron chi connectivity index (χ0n) is 12.2. The van der Waals surface area contributed by atoms with Gasteiger partial charge in [0.2, 0.25) is 5.89 Å². The van der Waals surface area contributed by atoms with Gasteiger partial charge in [-0.1, -0.05) is 54.6 Å². The van der Waals surface area contributed by atoms with Crippen LogP contribution in [0.25, 0.3) is 33.8 Å². The lowest BCUT2D eigenvalue weighted by atomic mass is 10.1. The van der Waals surface area contributed by atoms with E-state index in [9.17, 15) is 0 Å². The highest BCUT2D eigenvalue weighted by Crippen LogP contribution is 2.26. The van der Waals surface area contributed by atoms with Crippen molar-refractivity contribution in [1.29, 1.82) is 0 Å². The Balaban J connectivity index is 1.79. The summed E-state index contributed by atoms with van der Waals surface area (Å²) in [5, 5.41) is 1.12. The molecular formula is C19H14N2O. The summed E-state index contributed by atoms with van der Waals surface area (Å²) in [7, 11) is 0. The molecule has 22 heavy (non-hydrogen) atoms. The first-order chi connectivity index (χ1) is 10.8. The number of benzene rings is 2. The van der Waals surface area contributed by atoms with Gasteiger partial charge >= 0.3 is 0 Å². The minimum Gasteiger partial charge on any atom is -0.435 e. The maximum atomic E-state index is 5.87. The summed E-state index contributed by atoms with van der Waals surface area (Å²) in [6, 6.07) is 20.1. The minimum atomic E-state index is 0.545. The van der Waals surface area contributed by atoms with Crippen LogP contribution >= 0.6 is 0 Å². The number of hydrogen-bond donors (Lipinski definition) is 0. The van der Waals surface area contributed by atoms with Gasteiger partial charge in [-0.3, -0.25) is 0 Å². The molecule has 0 amide bonds. The van der Waals surface area contributed by atoms with Crippen molar-refractivity contribution in [2.75, 3.05) is 0 Å². The van der Waals surface area contributed by atoms with Crippen molar-refractivity contribution in [1.82, 2.24) is 9.97 Å². The maximum absolute atomic E-state index is 5.87. The topological polar surface area (TPSA) is 38.9 Å². The quantitative estimate of drug-likeness (QED) is 0.528. The lowest BCUT2D eigenvalue weighted by molar-refractivity contribution is 0.586. The molecule has 0 saturated heterocycles. The molecule has 3 heteroatoms. The molecule has 106 valence electrons. The fraction of sp³-hybridized carbons (Fsp3) is 0.0526. The van der Waals surface area contributed by atoms with E-state index in [4.69, 9.17) is 9.40 Å². The smallest absolute Gasteiger partial charge is 0.245 e. The van der Waals surface area contributed by atoms with Crippen LogP contribution in [0, 0.1) is 6.92 Å². The molecule has 2 heterocycles. The van der Waals surface area contributed by atoms with Gasteiger partial charge in [0.25, 0.3) is 0 Å². The fourth-order valence-corrected chi connectivity index (χ4v) is 2.54. The van der Waals surface area contributed by atoms with Crippen molar-refractivity contribution < 1.29 is 4.42 Å². The second-order valence-corrected chi connectivity index (χ2v) is 5.24. The molecule has 2 aromatic heterocycles. The van der Waals surface area contributed by atoms with Crippen molar-refractivity contribution in [3.05, 3.63) is 72.4 Å². The molecule has 0 aliphatic heterocycles. The highest BCUT2D eigenvalue weighted by molar-refractivity contribution is 5.83. The molecule has 0 N–H and O–H groups in total. The van der Waals surface area contributed by atoms with Gasteiger partial charge in [-0.2, -0.15) is 0 Å². The van der Waals surface area contributed by atoms with E-state index < -0.39 is 0 Å². The number of para-hydroxylation sites is 1. The number of oxazole rings is 1. The number of nitrogens with zero attached hydrogens (tertiary/aromatic N) is 2. The molecule has 4 rings (SSSR count). The standard InChI is InChI=1S/C19H14N2O/c1-13-6-5-9-15-10-11-16(21-18(13)15)19-20-12-17(22-19)14-7-3-2-4-8-14/h2-12H,1H3. The van der Waals surface area contributed by atoms with Gasteiger partial charge in [-0.15, -0.1) is 0 Å². The molecule has 2 aromatic carbocycles. The fourth-order valence-electron chi connectivity index (χ4n) is 2.54. The van der Waals surface area contributed by atoms with Crippen molar-refractivity contribution in [2.24, 2.45) is 0 Å². The molecule has 0 fully saturated rings. The summed E-state index contributed by atoms with van der Waals surface area (Å²) in [5.74, 6) is 1.30. The van der Waals surface area contributed by atoms with E-state index in [1.54, 1.807) is 6.20 Å². The highest BCUT2D eigenvalue weighted by atomic mass is 16.4. The van der Waals surface area contributed by atoms with E-state index in [0.29, 0.717) is 5.89 Å². The van der Waals surface area contributed by atoms with Crippen molar-refractivity contribution in [3.8, 4) is 22.9 Å². The Kier molecular flexibility index (Phi) is 2.97. The first-order valence-corrected chi connectivity index (χ1v) is 7.19. The van der Waals surface area contributed by atoms with Crippen LogP contribution in [0.1, 0.15) is 5.56 Å². The maximum Gasteiger partial charge on any atom is 0.245 e. The third kappa shape index (κ3) is 2.17. The van der Waals surface area contributed by atoms with Crippen molar-refractivity contribution in [2.45, 2.75) is 6.92 Å². The van der Waals surface area contributed by atoms with Crippen LogP contribution in [-0.2, 0) is 0 Å². The molecule has 4 aromatic rings. The van der Waals surface area contributed by atoms with Crippen LogP contribution in [0.3, 0.4) is 0 Å². The average molecular weight is 286 g/mol. The SMILES string of the molecule is Cc1cccc2ccc(-c3ncc(-c4ccccc4)o3)nc12. The number of hydrogen-bond acceptors (Lipinski definition) is 3. The normalized spacial score (nSPS) is 11.0. The Morgan fingerprint density at radius 1 is 0.864 bits per heavy atom. The van der Waals surface area contributed by atoms with Crippen molar-refractivity contribution >= 4 is 10.9 Å². The molecule has 0 bridgehead atoms. The molecule has 0 aliphatic carbocycles. The Morgan fingerprint density at radius 2 is 1.73 bits per heavy atom. The molecule has 3 nitrogen and oxygen atoms in total. The Labute approximate surface area is 128 Å². The number of fused-ring (bicyclic) bond motifs is 1. The lowest BCUT2D eigenvalue weighted by Gasteiger charge is -2.02. The molecule has 0 saturated carbocycles. The molecule has 0 aliphatic rings. The van der Waals surface area contributed by atoms with Gasteiger partial charge in [-0.05, 0) is 18.6 Å². The Morgan fingerprint density at radius 3 is 2.59 bits per heavy atom. The Bertz CT molecular complexity index is 942. The first-order valence-electron chi connectivity index (χ1n) is 7.19. The minimum absolute atomic E-state index is 0.545. The van der Waals surface area contributed by atoms with Gasteiger partial charge < -0.3 is 4.42 Å². The monoisotopic (exact) mass is 286 g/mol. The summed E-state index contributed by atoms with van der Waals surface area (Å²) < 4.78 is 5.87. The third-order valence-electron chi connectivity index (χ3n) is 3.71. The van der Waals surface area contributed by atoms with Gasteiger partial charge in [0.05, 0.1) is 11.7 Å². The van der Waals surface area contributed by atoms with Gasteiger partial charge in [0.1, 0.15) is 5.69 Å². The number of aromatic nitrogens is 2. The summed E-state index contributed by atoms with van der Waals surface area (Å²) >= 11 is 0. The molecule has 0 spiro atoms. The second kappa shape index (κ2) is 5.11. The average Bonchev–Trinajstić information content (AvgIpc) is 3.06. The lowest BCUT2D eigenvalue weighted by Crippen LogP contribution is -1.87. The zero-order chi connectivity index (χ0) is 14.9. The van der Waals surface area contributed by atoms with E-state index >= 15 is 0 Å². The predicted molar refractivity (Wildman–Crippen MR) is 87.4 cm³/mol. The predicted octanol–water partition coefficient (Wildman–Crippen LogP) is 4.87. The molecular weight excluding hydrogens is 272 g/mol. The van der Waals surface area contributed by atoms with E-state index in [1.165, 1.54) is 0 Å². The highest BCUT2D eigenvalue weighted by Gasteiger charge is 2.10. The summed E-state index contributed by atoms with van der Waals surface area (Å²) in [6.45, 7) is 2.06. The van der Waals surface area contributed by atoms with Crippen LogP contribution in [0.5, 0.6) is 0 Å². The van der Waals surface area contributed by atoms with E-state index in [0.717, 1.165) is 33.5 Å². The van der Waals surface area contributed by atoms with Crippen LogP contribution in [0.15, 0.2) is 71.3 Å². The zero-order valence-corrected chi connectivity index (χ0v) is 12.2. The Hall–Kier alpha value is -2.94. The molecule has 0 atom stereocenters. The van der Waals surface area contributed by atoms with Gasteiger partial charge in [0.15, 0.2) is 5.76 Å².